The number of hydrogen-bond donors (Lipinski definition) is 1. The summed E-state index contributed by atoms with van der Waals surface area (Å²) >= 11 is 0. The number of nitrogens with zero attached hydrogens (tertiary/aromatic N) is 2. The standard InChI is InChI=1S/C27H26FN3O2/c1-19(2)17-30-26(32)15-22-4-3-5-25(14-22)31(18-21-8-12-24(28)13-9-21)27(33)23-10-6-20(16-29)7-11-23/h3-14,19H,15,17-18H2,1-2H3,(H,30,32). The lowest BCUT2D eigenvalue weighted by molar-refractivity contribution is -0.120. The third-order valence-electron chi connectivity index (χ3n) is 5.05. The number of carbonyl (C=O) groups is 2. The quantitative estimate of drug-likeness (QED) is 0.540. The first-order chi connectivity index (χ1) is 15.9. The van der Waals surface area contributed by atoms with Gasteiger partial charge in [0.1, 0.15) is 5.82 Å². The van der Waals surface area contributed by atoms with E-state index in [1.807, 2.05) is 38.1 Å². The highest BCUT2D eigenvalue weighted by Gasteiger charge is 2.19. The average molecular weight is 444 g/mol. The lowest BCUT2D eigenvalue weighted by Gasteiger charge is -2.24. The predicted molar refractivity (Wildman–Crippen MR) is 126 cm³/mol. The number of rotatable bonds is 8. The molecule has 2 amide bonds. The van der Waals surface area contributed by atoms with Gasteiger partial charge >= 0.3 is 0 Å². The molecule has 0 bridgehead atoms. The summed E-state index contributed by atoms with van der Waals surface area (Å²) in [5, 5.41) is 11.9. The van der Waals surface area contributed by atoms with Gasteiger partial charge in [-0.25, -0.2) is 4.39 Å². The number of amides is 2. The third kappa shape index (κ3) is 6.75. The first-order valence-corrected chi connectivity index (χ1v) is 10.8. The summed E-state index contributed by atoms with van der Waals surface area (Å²) < 4.78 is 13.4. The zero-order valence-corrected chi connectivity index (χ0v) is 18.7. The van der Waals surface area contributed by atoms with Crippen LogP contribution in [0, 0.1) is 23.1 Å². The minimum Gasteiger partial charge on any atom is -0.356 e. The van der Waals surface area contributed by atoms with Gasteiger partial charge in [0.05, 0.1) is 24.6 Å². The number of halogens is 1. The Kier molecular flexibility index (Phi) is 7.93. The predicted octanol–water partition coefficient (Wildman–Crippen LogP) is 4.86. The van der Waals surface area contributed by atoms with Gasteiger partial charge in [-0.1, -0.05) is 38.1 Å². The van der Waals surface area contributed by atoms with Gasteiger partial charge in [0, 0.05) is 17.8 Å². The van der Waals surface area contributed by atoms with Gasteiger partial charge in [-0.05, 0) is 65.6 Å². The number of hydrogen-bond acceptors (Lipinski definition) is 3. The molecule has 3 rings (SSSR count). The summed E-state index contributed by atoms with van der Waals surface area (Å²) in [6.07, 6.45) is 0.204. The van der Waals surface area contributed by atoms with Gasteiger partial charge in [-0.2, -0.15) is 5.26 Å². The van der Waals surface area contributed by atoms with Crippen molar-refractivity contribution in [2.24, 2.45) is 5.92 Å². The molecule has 0 saturated carbocycles. The highest BCUT2D eigenvalue weighted by atomic mass is 19.1. The minimum absolute atomic E-state index is 0.0793. The Balaban J connectivity index is 1.89. The van der Waals surface area contributed by atoms with Crippen LogP contribution in [0.4, 0.5) is 10.1 Å². The molecule has 0 aromatic heterocycles. The van der Waals surface area contributed by atoms with E-state index in [0.717, 1.165) is 11.1 Å². The van der Waals surface area contributed by atoms with Crippen LogP contribution in [0.1, 0.15) is 40.9 Å². The summed E-state index contributed by atoms with van der Waals surface area (Å²) in [4.78, 5) is 27.3. The van der Waals surface area contributed by atoms with Crippen LogP contribution < -0.4 is 10.2 Å². The monoisotopic (exact) mass is 443 g/mol. The Morgan fingerprint density at radius 3 is 2.33 bits per heavy atom. The molecule has 0 heterocycles. The summed E-state index contributed by atoms with van der Waals surface area (Å²) in [6.45, 7) is 4.89. The molecular weight excluding hydrogens is 417 g/mol. The maximum atomic E-state index is 13.4. The van der Waals surface area contributed by atoms with E-state index in [2.05, 4.69) is 5.32 Å². The zero-order chi connectivity index (χ0) is 23.8. The molecule has 6 heteroatoms. The van der Waals surface area contributed by atoms with Crippen molar-refractivity contribution in [2.45, 2.75) is 26.8 Å². The second kappa shape index (κ2) is 11.1. The van der Waals surface area contributed by atoms with Crippen molar-refractivity contribution in [3.05, 3.63) is 101 Å². The van der Waals surface area contributed by atoms with Crippen LogP contribution in [-0.2, 0) is 17.8 Å². The van der Waals surface area contributed by atoms with E-state index in [9.17, 15) is 14.0 Å². The van der Waals surface area contributed by atoms with E-state index >= 15 is 0 Å². The lowest BCUT2D eigenvalue weighted by atomic mass is 10.1. The van der Waals surface area contributed by atoms with Gasteiger partial charge < -0.3 is 10.2 Å². The van der Waals surface area contributed by atoms with Crippen LogP contribution in [0.5, 0.6) is 0 Å². The second-order valence-electron chi connectivity index (χ2n) is 8.25. The smallest absolute Gasteiger partial charge is 0.258 e. The fourth-order valence-corrected chi connectivity index (χ4v) is 3.30. The van der Waals surface area contributed by atoms with E-state index in [1.54, 1.807) is 47.4 Å². The summed E-state index contributed by atoms with van der Waals surface area (Å²) in [7, 11) is 0. The Morgan fingerprint density at radius 2 is 1.70 bits per heavy atom. The zero-order valence-electron chi connectivity index (χ0n) is 18.7. The largest absolute Gasteiger partial charge is 0.356 e. The van der Waals surface area contributed by atoms with Crippen LogP contribution >= 0.6 is 0 Å². The van der Waals surface area contributed by atoms with Gasteiger partial charge in [-0.3, -0.25) is 9.59 Å². The number of nitriles is 1. The number of carbonyl (C=O) groups excluding carboxylic acids is 2. The maximum Gasteiger partial charge on any atom is 0.258 e. The lowest BCUT2D eigenvalue weighted by Crippen LogP contribution is -2.31. The Bertz CT molecular complexity index is 1150. The topological polar surface area (TPSA) is 73.2 Å². The highest BCUT2D eigenvalue weighted by Crippen LogP contribution is 2.22. The Morgan fingerprint density at radius 1 is 1.00 bits per heavy atom. The van der Waals surface area contributed by atoms with Gasteiger partial charge in [0.15, 0.2) is 0 Å². The van der Waals surface area contributed by atoms with Crippen LogP contribution in [0.3, 0.4) is 0 Å². The molecule has 0 unspecified atom stereocenters. The molecule has 3 aromatic carbocycles. The summed E-state index contributed by atoms with van der Waals surface area (Å²) in [5.74, 6) is -0.329. The van der Waals surface area contributed by atoms with Crippen molar-refractivity contribution in [3.63, 3.8) is 0 Å². The molecular formula is C27H26FN3O2. The molecule has 0 aliphatic heterocycles. The number of anilines is 1. The van der Waals surface area contributed by atoms with Gasteiger partial charge in [0.2, 0.25) is 5.91 Å². The van der Waals surface area contributed by atoms with Crippen molar-refractivity contribution in [1.29, 1.82) is 5.26 Å². The van der Waals surface area contributed by atoms with E-state index in [0.29, 0.717) is 29.3 Å². The maximum absolute atomic E-state index is 13.4. The molecule has 1 N–H and O–H groups in total. The van der Waals surface area contributed by atoms with Crippen LogP contribution in [-0.4, -0.2) is 18.4 Å². The van der Waals surface area contributed by atoms with Crippen molar-refractivity contribution < 1.29 is 14.0 Å². The molecule has 0 fully saturated rings. The number of benzene rings is 3. The third-order valence-corrected chi connectivity index (χ3v) is 5.05. The highest BCUT2D eigenvalue weighted by molar-refractivity contribution is 6.06. The molecule has 0 aliphatic rings. The first kappa shape index (κ1) is 23.7. The van der Waals surface area contributed by atoms with E-state index < -0.39 is 0 Å². The Hall–Kier alpha value is -3.98. The normalized spacial score (nSPS) is 10.5. The van der Waals surface area contributed by atoms with Crippen molar-refractivity contribution in [1.82, 2.24) is 5.32 Å². The molecule has 168 valence electrons. The average Bonchev–Trinajstić information content (AvgIpc) is 2.82. The van der Waals surface area contributed by atoms with Gasteiger partial charge in [-0.15, -0.1) is 0 Å². The molecule has 3 aromatic rings. The van der Waals surface area contributed by atoms with Gasteiger partial charge in [0.25, 0.3) is 5.91 Å². The molecule has 0 saturated heterocycles. The van der Waals surface area contributed by atoms with E-state index in [-0.39, 0.29) is 30.6 Å². The van der Waals surface area contributed by atoms with Crippen molar-refractivity contribution >= 4 is 17.5 Å². The van der Waals surface area contributed by atoms with E-state index in [4.69, 9.17) is 5.26 Å². The van der Waals surface area contributed by atoms with Crippen molar-refractivity contribution in [3.8, 4) is 6.07 Å². The van der Waals surface area contributed by atoms with E-state index in [1.165, 1.54) is 12.1 Å². The SMILES string of the molecule is CC(C)CNC(=O)Cc1cccc(N(Cc2ccc(F)cc2)C(=O)c2ccc(C#N)cc2)c1. The minimum atomic E-state index is -0.349. The van der Waals surface area contributed by atoms with Crippen LogP contribution in [0.2, 0.25) is 0 Å². The van der Waals surface area contributed by atoms with Crippen molar-refractivity contribution in [2.75, 3.05) is 11.4 Å². The summed E-state index contributed by atoms with van der Waals surface area (Å²) in [5.41, 5.74) is 3.06. The molecule has 0 spiro atoms. The van der Waals surface area contributed by atoms with Crippen LogP contribution in [0.15, 0.2) is 72.8 Å². The summed E-state index contributed by atoms with van der Waals surface area (Å²) in [6, 6.07) is 21.7. The molecule has 0 radical (unpaired) electrons. The molecule has 0 atom stereocenters. The molecule has 0 aliphatic carbocycles. The Labute approximate surface area is 193 Å². The molecule has 5 nitrogen and oxygen atoms in total. The van der Waals surface area contributed by atoms with Crippen LogP contribution in [0.25, 0.3) is 0 Å². The fraction of sp³-hybridized carbons (Fsp3) is 0.222. The first-order valence-electron chi connectivity index (χ1n) is 10.8. The molecule has 33 heavy (non-hydrogen) atoms. The second-order valence-corrected chi connectivity index (χ2v) is 8.25. The number of nitrogens with one attached hydrogen (secondary N) is 1. The fourth-order valence-electron chi connectivity index (χ4n) is 3.30.